The summed E-state index contributed by atoms with van der Waals surface area (Å²) in [5.41, 5.74) is 1.71. The second-order valence-corrected chi connectivity index (χ2v) is 4.01. The molecule has 1 aliphatic rings. The molecule has 1 aliphatic carbocycles. The maximum atomic E-state index is 11.5. The minimum atomic E-state index is 0.156. The smallest absolute Gasteiger partial charge is 0.223 e. The van der Waals surface area contributed by atoms with E-state index in [4.69, 9.17) is 0 Å². The van der Waals surface area contributed by atoms with E-state index in [-0.39, 0.29) is 11.8 Å². The van der Waals surface area contributed by atoms with E-state index in [1.807, 2.05) is 19.1 Å². The topological polar surface area (TPSA) is 54.9 Å². The van der Waals surface area contributed by atoms with E-state index < -0.39 is 0 Å². The minimum absolute atomic E-state index is 0.156. The Morgan fingerprint density at radius 2 is 2.27 bits per heavy atom. The average molecular weight is 205 g/mol. The Labute approximate surface area is 89.1 Å². The number of aryl methyl sites for hydroxylation is 1. The molecule has 0 bridgehead atoms. The fraction of sp³-hybridized carbons (Fsp3) is 0.545. The van der Waals surface area contributed by atoms with Crippen molar-refractivity contribution < 1.29 is 4.79 Å². The van der Waals surface area contributed by atoms with Crippen molar-refractivity contribution in [2.75, 3.05) is 0 Å². The molecule has 1 heterocycles. The summed E-state index contributed by atoms with van der Waals surface area (Å²) < 4.78 is 0. The summed E-state index contributed by atoms with van der Waals surface area (Å²) in [6, 6.07) is 3.79. The van der Waals surface area contributed by atoms with E-state index in [1.54, 1.807) is 0 Å². The summed E-state index contributed by atoms with van der Waals surface area (Å²) in [7, 11) is 0. The highest BCUT2D eigenvalue weighted by molar-refractivity contribution is 5.79. The van der Waals surface area contributed by atoms with Crippen LogP contribution in [0.25, 0.3) is 0 Å². The van der Waals surface area contributed by atoms with E-state index in [2.05, 4.69) is 15.5 Å². The first-order valence-corrected chi connectivity index (χ1v) is 5.32. The maximum absolute atomic E-state index is 11.5. The van der Waals surface area contributed by atoms with Crippen LogP contribution in [-0.2, 0) is 11.3 Å². The Morgan fingerprint density at radius 1 is 1.47 bits per heavy atom. The Hall–Kier alpha value is -1.45. The first-order chi connectivity index (χ1) is 7.25. The molecule has 0 aromatic carbocycles. The molecule has 1 fully saturated rings. The van der Waals surface area contributed by atoms with Crippen LogP contribution in [0.15, 0.2) is 12.1 Å². The Morgan fingerprint density at radius 3 is 2.80 bits per heavy atom. The standard InChI is InChI=1S/C11H15N3O/c1-8-5-6-10(14-13-8)7-12-11(15)9-3-2-4-9/h5-6,9H,2-4,7H2,1H3,(H,12,15). The van der Waals surface area contributed by atoms with Gasteiger partial charge in [0.1, 0.15) is 0 Å². The van der Waals surface area contributed by atoms with Crippen LogP contribution in [0.3, 0.4) is 0 Å². The Bertz CT molecular complexity index is 343. The summed E-state index contributed by atoms with van der Waals surface area (Å²) in [5, 5.41) is 10.8. The van der Waals surface area contributed by atoms with Gasteiger partial charge in [-0.25, -0.2) is 0 Å². The average Bonchev–Trinajstić information content (AvgIpc) is 2.14. The quantitative estimate of drug-likeness (QED) is 0.806. The van der Waals surface area contributed by atoms with Crippen LogP contribution in [0.2, 0.25) is 0 Å². The lowest BCUT2D eigenvalue weighted by Gasteiger charge is -2.23. The second kappa shape index (κ2) is 4.38. The second-order valence-electron chi connectivity index (χ2n) is 4.01. The molecule has 0 radical (unpaired) electrons. The molecule has 1 aromatic rings. The summed E-state index contributed by atoms with van der Waals surface area (Å²) in [5.74, 6) is 0.395. The van der Waals surface area contributed by atoms with Crippen LogP contribution in [0.1, 0.15) is 30.7 Å². The predicted molar refractivity (Wildman–Crippen MR) is 56.0 cm³/mol. The minimum Gasteiger partial charge on any atom is -0.350 e. The first kappa shape index (κ1) is 10.1. The third kappa shape index (κ3) is 2.52. The van der Waals surface area contributed by atoms with Gasteiger partial charge in [0, 0.05) is 5.92 Å². The van der Waals surface area contributed by atoms with Crippen molar-refractivity contribution in [2.45, 2.75) is 32.7 Å². The van der Waals surface area contributed by atoms with Crippen molar-refractivity contribution >= 4 is 5.91 Å². The molecule has 80 valence electrons. The van der Waals surface area contributed by atoms with Crippen molar-refractivity contribution in [1.29, 1.82) is 0 Å². The largest absolute Gasteiger partial charge is 0.350 e. The number of rotatable bonds is 3. The van der Waals surface area contributed by atoms with Crippen LogP contribution in [0.5, 0.6) is 0 Å². The molecule has 1 N–H and O–H groups in total. The number of amides is 1. The molecular weight excluding hydrogens is 190 g/mol. The molecule has 1 amide bonds. The van der Waals surface area contributed by atoms with E-state index in [9.17, 15) is 4.79 Å². The molecule has 2 rings (SSSR count). The van der Waals surface area contributed by atoms with Crippen LogP contribution in [-0.4, -0.2) is 16.1 Å². The van der Waals surface area contributed by atoms with Crippen molar-refractivity contribution in [1.82, 2.24) is 15.5 Å². The van der Waals surface area contributed by atoms with Crippen LogP contribution in [0, 0.1) is 12.8 Å². The highest BCUT2D eigenvalue weighted by Gasteiger charge is 2.24. The number of nitrogens with zero attached hydrogens (tertiary/aromatic N) is 2. The fourth-order valence-electron chi connectivity index (χ4n) is 1.51. The lowest BCUT2D eigenvalue weighted by molar-refractivity contribution is -0.127. The zero-order valence-electron chi connectivity index (χ0n) is 8.86. The molecule has 1 aromatic heterocycles. The van der Waals surface area contributed by atoms with Crippen LogP contribution in [0.4, 0.5) is 0 Å². The molecule has 0 atom stereocenters. The predicted octanol–water partition coefficient (Wildman–Crippen LogP) is 1.20. The monoisotopic (exact) mass is 205 g/mol. The lowest BCUT2D eigenvalue weighted by atomic mass is 9.85. The molecule has 0 saturated heterocycles. The van der Waals surface area contributed by atoms with Crippen LogP contribution < -0.4 is 5.32 Å². The van der Waals surface area contributed by atoms with Crippen molar-refractivity contribution in [3.8, 4) is 0 Å². The zero-order chi connectivity index (χ0) is 10.7. The van der Waals surface area contributed by atoms with E-state index in [1.165, 1.54) is 6.42 Å². The van der Waals surface area contributed by atoms with Gasteiger partial charge >= 0.3 is 0 Å². The van der Waals surface area contributed by atoms with E-state index in [0.29, 0.717) is 6.54 Å². The molecule has 0 aliphatic heterocycles. The van der Waals surface area contributed by atoms with E-state index in [0.717, 1.165) is 24.2 Å². The van der Waals surface area contributed by atoms with Gasteiger partial charge in [-0.2, -0.15) is 10.2 Å². The van der Waals surface area contributed by atoms with Crippen molar-refractivity contribution in [3.05, 3.63) is 23.5 Å². The first-order valence-electron chi connectivity index (χ1n) is 5.32. The van der Waals surface area contributed by atoms with E-state index >= 15 is 0 Å². The number of nitrogens with one attached hydrogen (secondary N) is 1. The van der Waals surface area contributed by atoms with Gasteiger partial charge in [0.05, 0.1) is 17.9 Å². The molecular formula is C11H15N3O. The van der Waals surface area contributed by atoms with Gasteiger partial charge in [0.15, 0.2) is 0 Å². The van der Waals surface area contributed by atoms with Gasteiger partial charge in [0.25, 0.3) is 0 Å². The van der Waals surface area contributed by atoms with Gasteiger partial charge in [-0.1, -0.05) is 6.42 Å². The molecule has 15 heavy (non-hydrogen) atoms. The number of hydrogen-bond donors (Lipinski definition) is 1. The summed E-state index contributed by atoms with van der Waals surface area (Å²) in [6.07, 6.45) is 3.25. The summed E-state index contributed by atoms with van der Waals surface area (Å²) in [6.45, 7) is 2.38. The maximum Gasteiger partial charge on any atom is 0.223 e. The molecule has 4 heteroatoms. The Kier molecular flexibility index (Phi) is 2.94. The van der Waals surface area contributed by atoms with Crippen LogP contribution >= 0.6 is 0 Å². The molecule has 1 saturated carbocycles. The van der Waals surface area contributed by atoms with Gasteiger partial charge < -0.3 is 5.32 Å². The molecule has 0 unspecified atom stereocenters. The summed E-state index contributed by atoms with van der Waals surface area (Å²) in [4.78, 5) is 11.5. The highest BCUT2D eigenvalue weighted by atomic mass is 16.1. The SMILES string of the molecule is Cc1ccc(CNC(=O)C2CCC2)nn1. The van der Waals surface area contributed by atoms with Gasteiger partial charge in [-0.3, -0.25) is 4.79 Å². The third-order valence-electron chi connectivity index (χ3n) is 2.77. The molecule has 4 nitrogen and oxygen atoms in total. The van der Waals surface area contributed by atoms with Crippen molar-refractivity contribution in [2.24, 2.45) is 5.92 Å². The van der Waals surface area contributed by atoms with Gasteiger partial charge in [-0.05, 0) is 31.9 Å². The number of carbonyl (C=O) groups is 1. The fourth-order valence-corrected chi connectivity index (χ4v) is 1.51. The number of carbonyl (C=O) groups excluding carboxylic acids is 1. The highest BCUT2D eigenvalue weighted by Crippen LogP contribution is 2.26. The Balaban J connectivity index is 1.82. The third-order valence-corrected chi connectivity index (χ3v) is 2.77. The number of aromatic nitrogens is 2. The van der Waals surface area contributed by atoms with Gasteiger partial charge in [-0.15, -0.1) is 0 Å². The normalized spacial score (nSPS) is 15.8. The number of hydrogen-bond acceptors (Lipinski definition) is 3. The van der Waals surface area contributed by atoms with Crippen molar-refractivity contribution in [3.63, 3.8) is 0 Å². The zero-order valence-corrected chi connectivity index (χ0v) is 8.86. The summed E-state index contributed by atoms with van der Waals surface area (Å²) >= 11 is 0. The molecule has 0 spiro atoms. The van der Waals surface area contributed by atoms with Gasteiger partial charge in [0.2, 0.25) is 5.91 Å². The lowest BCUT2D eigenvalue weighted by Crippen LogP contribution is -2.34.